The van der Waals surface area contributed by atoms with Crippen LogP contribution in [0.5, 0.6) is 0 Å². The molecule has 0 aliphatic heterocycles. The first-order valence-electron chi connectivity index (χ1n) is 25.0. The van der Waals surface area contributed by atoms with Crippen LogP contribution in [0.4, 0.5) is 0 Å². The van der Waals surface area contributed by atoms with Crippen LogP contribution in [0.25, 0.3) is 105 Å². The van der Waals surface area contributed by atoms with Gasteiger partial charge in [-0.3, -0.25) is 0 Å². The van der Waals surface area contributed by atoms with Crippen molar-refractivity contribution in [2.45, 2.75) is 116 Å². The van der Waals surface area contributed by atoms with E-state index >= 15 is 0 Å². The minimum Gasteiger partial charge on any atom is -0.145 e. The molecule has 8 aromatic carbocycles. The van der Waals surface area contributed by atoms with Crippen LogP contribution in [0.1, 0.15) is 83.1 Å². The standard InChI is InChI=1S/C40H52S2Si2.C22H12S2/c1-23(2)43(24(3)4,25(5)6)39-21-35-33-15-13-30-29(31(33)17-19-37(35)41-39)14-16-34-32(30)18-20-38-36(34)22-40(42-38)44(26(7)8,27(9)10)28(11)12;1-3-17-16(6-8-21-19(17)9-11-23-21)14-2-4-18-15(13(1)14)5-7-22-20(18)10-12-24-22/h13-28H,1-12H3;1-12H. The lowest BCUT2D eigenvalue weighted by molar-refractivity contribution is 0.837. The molecular weight excluding hydrogens is 929 g/mol. The van der Waals surface area contributed by atoms with Gasteiger partial charge in [0, 0.05) is 40.3 Å². The summed E-state index contributed by atoms with van der Waals surface area (Å²) < 4.78 is 9.01. The molecule has 0 amide bonds. The first-order chi connectivity index (χ1) is 32.7. The van der Waals surface area contributed by atoms with E-state index in [1.54, 1.807) is 9.00 Å². The highest BCUT2D eigenvalue weighted by atomic mass is 32.1. The van der Waals surface area contributed by atoms with Crippen molar-refractivity contribution in [2.75, 3.05) is 0 Å². The molecule has 344 valence electrons. The third kappa shape index (κ3) is 6.71. The fourth-order valence-electron chi connectivity index (χ4n) is 14.2. The van der Waals surface area contributed by atoms with E-state index in [0.29, 0.717) is 0 Å². The molecule has 0 saturated heterocycles. The van der Waals surface area contributed by atoms with E-state index in [2.05, 4.69) is 238 Å². The van der Waals surface area contributed by atoms with E-state index in [-0.39, 0.29) is 0 Å². The van der Waals surface area contributed by atoms with Gasteiger partial charge in [0.25, 0.3) is 0 Å². The maximum Gasteiger partial charge on any atom is 0.107 e. The molecule has 0 aliphatic carbocycles. The molecule has 0 spiro atoms. The molecule has 12 rings (SSSR count). The Morgan fingerprint density at radius 1 is 0.250 bits per heavy atom. The number of thiophene rings is 4. The Bertz CT molecular complexity index is 3610. The van der Waals surface area contributed by atoms with Gasteiger partial charge in [0.2, 0.25) is 0 Å². The predicted octanol–water partition coefficient (Wildman–Crippen LogP) is 20.9. The van der Waals surface area contributed by atoms with Gasteiger partial charge in [-0.1, -0.05) is 156 Å². The minimum atomic E-state index is -1.70. The zero-order chi connectivity index (χ0) is 47.6. The van der Waals surface area contributed by atoms with Crippen LogP contribution in [0.15, 0.2) is 132 Å². The third-order valence-corrected chi connectivity index (χ3v) is 36.6. The topological polar surface area (TPSA) is 0 Å². The van der Waals surface area contributed by atoms with Crippen molar-refractivity contribution < 1.29 is 0 Å². The second kappa shape index (κ2) is 17.2. The SMILES string of the molecule is CC(C)[Si](c1cc2c(ccc3c2ccc2c4ccc5sc([Si](C(C)C)(C(C)C)C(C)C)cc5c4ccc32)s1)(C(C)C)C(C)C.c1cc2c(ccc3c2ccc2c4ccc5sccc5c4ccc32)s1. The van der Waals surface area contributed by atoms with Crippen LogP contribution >= 0.6 is 45.3 Å². The van der Waals surface area contributed by atoms with E-state index in [1.165, 1.54) is 105 Å². The maximum absolute atomic E-state index is 2.62. The maximum atomic E-state index is 2.62. The van der Waals surface area contributed by atoms with Crippen molar-refractivity contribution in [3.63, 3.8) is 0 Å². The lowest BCUT2D eigenvalue weighted by atomic mass is 9.95. The van der Waals surface area contributed by atoms with E-state index in [0.717, 1.165) is 33.2 Å². The average Bonchev–Trinajstić information content (AvgIpc) is 4.15. The van der Waals surface area contributed by atoms with Gasteiger partial charge in [-0.25, -0.2) is 0 Å². The van der Waals surface area contributed by atoms with Crippen molar-refractivity contribution in [1.29, 1.82) is 0 Å². The number of benzene rings is 8. The molecule has 0 radical (unpaired) electrons. The Hall–Kier alpha value is -4.41. The smallest absolute Gasteiger partial charge is 0.107 e. The first-order valence-corrected chi connectivity index (χ1v) is 32.9. The highest BCUT2D eigenvalue weighted by Crippen LogP contribution is 2.47. The highest BCUT2D eigenvalue weighted by molar-refractivity contribution is 7.33. The Labute approximate surface area is 420 Å². The normalized spacial score (nSPS) is 13.2. The molecule has 6 heteroatoms. The van der Waals surface area contributed by atoms with Crippen molar-refractivity contribution >= 4 is 175 Å². The van der Waals surface area contributed by atoms with Gasteiger partial charge in [-0.05, 0) is 166 Å². The lowest BCUT2D eigenvalue weighted by Crippen LogP contribution is -2.54. The largest absolute Gasteiger partial charge is 0.145 e. The number of hydrogen-bond acceptors (Lipinski definition) is 4. The first kappa shape index (κ1) is 46.0. The van der Waals surface area contributed by atoms with Crippen molar-refractivity contribution in [1.82, 2.24) is 0 Å². The summed E-state index contributed by atoms with van der Waals surface area (Å²) in [6.45, 7) is 29.8. The summed E-state index contributed by atoms with van der Waals surface area (Å²) in [5.74, 6) is 0. The third-order valence-electron chi connectivity index (χ3n) is 16.8. The molecule has 68 heavy (non-hydrogen) atoms. The van der Waals surface area contributed by atoms with Gasteiger partial charge in [0.15, 0.2) is 0 Å². The monoisotopic (exact) mass is 992 g/mol. The average molecular weight is 994 g/mol. The van der Waals surface area contributed by atoms with Gasteiger partial charge in [0.05, 0.1) is 0 Å². The van der Waals surface area contributed by atoms with Crippen LogP contribution in [0.3, 0.4) is 0 Å². The molecular formula is C62H64S4Si2. The molecule has 12 aromatic rings. The van der Waals surface area contributed by atoms with Crippen molar-refractivity contribution in [2.24, 2.45) is 0 Å². The van der Waals surface area contributed by atoms with Crippen molar-refractivity contribution in [3.05, 3.63) is 132 Å². The summed E-state index contributed by atoms with van der Waals surface area (Å²) in [6, 6.07) is 47.3. The molecule has 0 N–H and O–H groups in total. The lowest BCUT2D eigenvalue weighted by Gasteiger charge is -2.42. The summed E-state index contributed by atoms with van der Waals surface area (Å²) >= 11 is 7.81. The Kier molecular flexibility index (Phi) is 11.6. The Balaban J connectivity index is 0.000000176. The molecule has 0 unspecified atom stereocenters. The summed E-state index contributed by atoms with van der Waals surface area (Å²) in [5, 5.41) is 26.5. The fourth-order valence-corrected chi connectivity index (χ4v) is 35.9. The Morgan fingerprint density at radius 3 is 0.735 bits per heavy atom. The van der Waals surface area contributed by atoms with E-state index < -0.39 is 16.1 Å². The molecule has 0 bridgehead atoms. The van der Waals surface area contributed by atoms with Gasteiger partial charge >= 0.3 is 0 Å². The van der Waals surface area contributed by atoms with Gasteiger partial charge < -0.3 is 0 Å². The second-order valence-corrected chi connectivity index (χ2v) is 38.1. The fraction of sp³-hybridized carbons (Fsp3) is 0.290. The summed E-state index contributed by atoms with van der Waals surface area (Å²) in [4.78, 5) is 0. The number of hydrogen-bond donors (Lipinski definition) is 0. The highest BCUT2D eigenvalue weighted by Gasteiger charge is 2.47. The summed E-state index contributed by atoms with van der Waals surface area (Å²) in [6.07, 6.45) is 0. The zero-order valence-corrected chi connectivity index (χ0v) is 47.1. The second-order valence-electron chi connectivity index (χ2n) is 21.6. The molecule has 4 aromatic heterocycles. The van der Waals surface area contributed by atoms with E-state index in [9.17, 15) is 0 Å². The number of fused-ring (bicyclic) bond motifs is 18. The van der Waals surface area contributed by atoms with Gasteiger partial charge in [0.1, 0.15) is 16.1 Å². The molecule has 0 nitrogen and oxygen atoms in total. The number of rotatable bonds is 8. The molecule has 0 saturated carbocycles. The van der Waals surface area contributed by atoms with Crippen LogP contribution in [-0.4, -0.2) is 16.1 Å². The Morgan fingerprint density at radius 2 is 0.471 bits per heavy atom. The molecule has 0 atom stereocenters. The summed E-state index contributed by atoms with van der Waals surface area (Å²) in [5.41, 5.74) is 4.32. The van der Waals surface area contributed by atoms with Gasteiger partial charge in [-0.2, -0.15) is 0 Å². The summed E-state index contributed by atoms with van der Waals surface area (Å²) in [7, 11) is -3.40. The van der Waals surface area contributed by atoms with Crippen LogP contribution in [0.2, 0.25) is 33.2 Å². The molecule has 0 fully saturated rings. The zero-order valence-electron chi connectivity index (χ0n) is 41.8. The molecule has 4 heterocycles. The predicted molar refractivity (Wildman–Crippen MR) is 321 cm³/mol. The quantitative estimate of drug-likeness (QED) is 0.105. The molecule has 0 aliphatic rings. The van der Waals surface area contributed by atoms with Crippen LogP contribution in [0, 0.1) is 0 Å². The van der Waals surface area contributed by atoms with Gasteiger partial charge in [-0.15, -0.1) is 45.3 Å². The van der Waals surface area contributed by atoms with E-state index in [4.69, 9.17) is 0 Å². The van der Waals surface area contributed by atoms with E-state index in [1.807, 2.05) is 22.7 Å². The van der Waals surface area contributed by atoms with Crippen LogP contribution < -0.4 is 9.00 Å². The minimum absolute atomic E-state index is 0.720. The van der Waals surface area contributed by atoms with Crippen LogP contribution in [-0.2, 0) is 0 Å². The van der Waals surface area contributed by atoms with Crippen molar-refractivity contribution in [3.8, 4) is 0 Å².